The van der Waals surface area contributed by atoms with Crippen LogP contribution in [0.4, 0.5) is 5.82 Å². The Morgan fingerprint density at radius 2 is 2.25 bits per heavy atom. The third-order valence-electron chi connectivity index (χ3n) is 4.54. The van der Waals surface area contributed by atoms with Gasteiger partial charge < -0.3 is 9.47 Å². The van der Waals surface area contributed by atoms with Crippen LogP contribution in [0.5, 0.6) is 11.6 Å². The summed E-state index contributed by atoms with van der Waals surface area (Å²) in [5.74, 6) is 2.50. The molecule has 0 aromatic carbocycles. The summed E-state index contributed by atoms with van der Waals surface area (Å²) in [6.45, 7) is 3.79. The molecule has 2 aromatic rings. The van der Waals surface area contributed by atoms with Crippen molar-refractivity contribution in [3.63, 3.8) is 0 Å². The van der Waals surface area contributed by atoms with Gasteiger partial charge in [-0.05, 0) is 30.5 Å². The van der Waals surface area contributed by atoms with Gasteiger partial charge in [-0.25, -0.2) is 9.97 Å². The monoisotopic (exact) mass is 343 g/mol. The number of aromatic nitrogens is 2. The molecule has 1 atom stereocenters. The van der Waals surface area contributed by atoms with Crippen molar-refractivity contribution in [3.8, 4) is 11.6 Å². The standard InChI is InChI=1S/C18H21N3O2S/c1-3-4-5-11-21-17-13(7-6-10-19-17)18(24-21)12-23-14-8-9-15(22-2)20-16(14)18/h6-10H,3-5,11-12H2,1-2H3. The molecule has 0 bridgehead atoms. The van der Waals surface area contributed by atoms with E-state index in [0.29, 0.717) is 12.5 Å². The average Bonchev–Trinajstić information content (AvgIpc) is 3.15. The summed E-state index contributed by atoms with van der Waals surface area (Å²) in [5.41, 5.74) is 2.13. The van der Waals surface area contributed by atoms with Crippen LogP contribution in [0.15, 0.2) is 30.5 Å². The first-order valence-electron chi connectivity index (χ1n) is 8.39. The van der Waals surface area contributed by atoms with E-state index in [1.165, 1.54) is 18.4 Å². The largest absolute Gasteiger partial charge is 0.489 e. The topological polar surface area (TPSA) is 47.5 Å². The number of anilines is 1. The van der Waals surface area contributed by atoms with Crippen LogP contribution in [-0.4, -0.2) is 30.2 Å². The van der Waals surface area contributed by atoms with Gasteiger partial charge in [0, 0.05) is 24.4 Å². The summed E-state index contributed by atoms with van der Waals surface area (Å²) in [5, 5.41) is 0. The zero-order valence-electron chi connectivity index (χ0n) is 14.0. The first kappa shape index (κ1) is 15.6. The van der Waals surface area contributed by atoms with Crippen molar-refractivity contribution in [2.24, 2.45) is 0 Å². The van der Waals surface area contributed by atoms with E-state index in [1.54, 1.807) is 19.1 Å². The van der Waals surface area contributed by atoms with E-state index in [2.05, 4.69) is 22.3 Å². The molecule has 2 aliphatic rings. The zero-order chi connectivity index (χ0) is 16.6. The lowest BCUT2D eigenvalue weighted by atomic mass is 9.96. The lowest BCUT2D eigenvalue weighted by molar-refractivity contribution is 0.333. The van der Waals surface area contributed by atoms with Gasteiger partial charge in [0.1, 0.15) is 28.6 Å². The van der Waals surface area contributed by atoms with Crippen molar-refractivity contribution in [1.29, 1.82) is 0 Å². The van der Waals surface area contributed by atoms with Crippen LogP contribution in [0.3, 0.4) is 0 Å². The summed E-state index contributed by atoms with van der Waals surface area (Å²) in [6.07, 6.45) is 5.46. The fraction of sp³-hybridized carbons (Fsp3) is 0.444. The van der Waals surface area contributed by atoms with Gasteiger partial charge in [0.25, 0.3) is 0 Å². The van der Waals surface area contributed by atoms with E-state index < -0.39 is 0 Å². The Hall–Kier alpha value is -1.95. The van der Waals surface area contributed by atoms with E-state index in [9.17, 15) is 0 Å². The maximum atomic E-state index is 5.97. The number of methoxy groups -OCH3 is 1. The number of pyridine rings is 2. The molecule has 6 heteroatoms. The summed E-state index contributed by atoms with van der Waals surface area (Å²) in [7, 11) is 1.64. The summed E-state index contributed by atoms with van der Waals surface area (Å²) >= 11 is 1.79. The van der Waals surface area contributed by atoms with Gasteiger partial charge in [-0.3, -0.25) is 4.31 Å². The predicted molar refractivity (Wildman–Crippen MR) is 95.8 cm³/mol. The minimum Gasteiger partial charge on any atom is -0.489 e. The van der Waals surface area contributed by atoms with Crippen LogP contribution in [0.25, 0.3) is 0 Å². The van der Waals surface area contributed by atoms with Gasteiger partial charge in [-0.2, -0.15) is 0 Å². The van der Waals surface area contributed by atoms with Crippen LogP contribution in [0, 0.1) is 0 Å². The van der Waals surface area contributed by atoms with Crippen molar-refractivity contribution < 1.29 is 9.47 Å². The number of ether oxygens (including phenoxy) is 2. The lowest BCUT2D eigenvalue weighted by Crippen LogP contribution is -2.25. The highest BCUT2D eigenvalue weighted by atomic mass is 32.2. The van der Waals surface area contributed by atoms with Gasteiger partial charge >= 0.3 is 0 Å². The summed E-state index contributed by atoms with van der Waals surface area (Å²) < 4.78 is 13.3. The number of rotatable bonds is 5. The average molecular weight is 343 g/mol. The minimum absolute atomic E-state index is 0.320. The van der Waals surface area contributed by atoms with Gasteiger partial charge in [-0.1, -0.05) is 25.8 Å². The van der Waals surface area contributed by atoms with Crippen molar-refractivity contribution in [3.05, 3.63) is 41.7 Å². The van der Waals surface area contributed by atoms with Crippen molar-refractivity contribution in [2.75, 3.05) is 24.6 Å². The van der Waals surface area contributed by atoms with Crippen molar-refractivity contribution >= 4 is 17.8 Å². The molecule has 24 heavy (non-hydrogen) atoms. The molecule has 0 aliphatic carbocycles. The molecule has 2 aliphatic heterocycles. The SMILES string of the molecule is CCCCCN1SC2(COc3ccc(OC)nc32)c2cccnc21. The van der Waals surface area contributed by atoms with Gasteiger partial charge in [0.05, 0.1) is 7.11 Å². The molecule has 1 spiro atoms. The van der Waals surface area contributed by atoms with E-state index in [0.717, 1.165) is 30.2 Å². The van der Waals surface area contributed by atoms with E-state index >= 15 is 0 Å². The summed E-state index contributed by atoms with van der Waals surface area (Å²) in [6, 6.07) is 7.94. The van der Waals surface area contributed by atoms with Crippen molar-refractivity contribution in [1.82, 2.24) is 9.97 Å². The van der Waals surface area contributed by atoms with Gasteiger partial charge in [0.15, 0.2) is 0 Å². The van der Waals surface area contributed by atoms with Crippen LogP contribution >= 0.6 is 11.9 Å². The normalized spacial score (nSPS) is 20.8. The van der Waals surface area contributed by atoms with Gasteiger partial charge in [-0.15, -0.1) is 0 Å². The lowest BCUT2D eigenvalue weighted by Gasteiger charge is -2.22. The second-order valence-electron chi connectivity index (χ2n) is 6.09. The van der Waals surface area contributed by atoms with E-state index in [-0.39, 0.29) is 4.75 Å². The Morgan fingerprint density at radius 3 is 3.08 bits per heavy atom. The molecule has 0 radical (unpaired) electrons. The zero-order valence-corrected chi connectivity index (χ0v) is 14.8. The highest BCUT2D eigenvalue weighted by Crippen LogP contribution is 2.58. The van der Waals surface area contributed by atoms with Crippen LogP contribution in [0.1, 0.15) is 37.4 Å². The number of unbranched alkanes of at least 4 members (excludes halogenated alkanes) is 2. The molecule has 0 amide bonds. The Bertz CT molecular complexity index is 755. The van der Waals surface area contributed by atoms with Crippen LogP contribution < -0.4 is 13.8 Å². The smallest absolute Gasteiger partial charge is 0.213 e. The second kappa shape index (κ2) is 6.16. The number of hydrogen-bond acceptors (Lipinski definition) is 6. The summed E-state index contributed by atoms with van der Waals surface area (Å²) in [4.78, 5) is 9.36. The van der Waals surface area contributed by atoms with Crippen LogP contribution in [0.2, 0.25) is 0 Å². The number of fused-ring (bicyclic) bond motifs is 4. The molecule has 4 rings (SSSR count). The molecule has 2 aromatic heterocycles. The van der Waals surface area contributed by atoms with Crippen LogP contribution in [-0.2, 0) is 4.75 Å². The molecule has 0 fully saturated rings. The van der Waals surface area contributed by atoms with Gasteiger partial charge in [0.2, 0.25) is 5.88 Å². The first-order valence-corrected chi connectivity index (χ1v) is 9.16. The maximum Gasteiger partial charge on any atom is 0.213 e. The third kappa shape index (κ3) is 2.32. The molecule has 0 N–H and O–H groups in total. The first-order chi connectivity index (χ1) is 11.8. The molecular weight excluding hydrogens is 322 g/mol. The van der Waals surface area contributed by atoms with Crippen molar-refractivity contribution in [2.45, 2.75) is 30.9 Å². The number of hydrogen-bond donors (Lipinski definition) is 0. The molecule has 0 saturated carbocycles. The fourth-order valence-electron chi connectivity index (χ4n) is 3.32. The predicted octanol–water partition coefficient (Wildman–Crippen LogP) is 3.78. The Balaban J connectivity index is 1.75. The fourth-order valence-corrected chi connectivity index (χ4v) is 4.75. The second-order valence-corrected chi connectivity index (χ2v) is 7.41. The highest BCUT2D eigenvalue weighted by Gasteiger charge is 2.53. The van der Waals surface area contributed by atoms with E-state index in [1.807, 2.05) is 24.4 Å². The minimum atomic E-state index is -0.320. The third-order valence-corrected chi connectivity index (χ3v) is 5.96. The molecule has 1 unspecified atom stereocenters. The van der Waals surface area contributed by atoms with E-state index in [4.69, 9.17) is 14.5 Å². The quantitative estimate of drug-likeness (QED) is 0.608. The molecular formula is C18H21N3O2S. The Kier molecular flexibility index (Phi) is 4.00. The molecule has 4 heterocycles. The molecule has 0 saturated heterocycles. The number of nitrogens with zero attached hydrogens (tertiary/aromatic N) is 3. The molecule has 126 valence electrons. The highest BCUT2D eigenvalue weighted by molar-refractivity contribution is 8.02. The molecule has 5 nitrogen and oxygen atoms in total. The Morgan fingerprint density at radius 1 is 1.33 bits per heavy atom. The Labute approximate surface area is 146 Å². The maximum absolute atomic E-state index is 5.97.